The topological polar surface area (TPSA) is 55.5 Å². The molecule has 3 heteroatoms. The van der Waals surface area contributed by atoms with Crippen LogP contribution in [0.3, 0.4) is 0 Å². The van der Waals surface area contributed by atoms with E-state index in [0.717, 1.165) is 19.4 Å². The van der Waals surface area contributed by atoms with E-state index in [-0.39, 0.29) is 11.7 Å². The molecule has 2 atom stereocenters. The lowest BCUT2D eigenvalue weighted by Crippen LogP contribution is -2.39. The molecule has 1 heterocycles. The third-order valence-electron chi connectivity index (χ3n) is 2.74. The summed E-state index contributed by atoms with van der Waals surface area (Å²) in [5, 5.41) is 9.77. The summed E-state index contributed by atoms with van der Waals surface area (Å²) in [4.78, 5) is 0. The molecular weight excluding hydrogens is 166 g/mol. The van der Waals surface area contributed by atoms with E-state index in [1.165, 1.54) is 0 Å². The summed E-state index contributed by atoms with van der Waals surface area (Å²) in [5.74, 6) is 0.368. The van der Waals surface area contributed by atoms with Crippen LogP contribution in [-0.2, 0) is 4.74 Å². The number of hydrogen-bond acceptors (Lipinski definition) is 3. The van der Waals surface area contributed by atoms with Crippen LogP contribution in [-0.4, -0.2) is 30.0 Å². The normalized spacial score (nSPS) is 30.0. The van der Waals surface area contributed by atoms with E-state index in [1.54, 1.807) is 0 Å². The summed E-state index contributed by atoms with van der Waals surface area (Å²) in [6.45, 7) is 5.49. The van der Waals surface area contributed by atoms with Gasteiger partial charge in [-0.2, -0.15) is 0 Å². The van der Waals surface area contributed by atoms with Crippen LogP contribution in [0.1, 0.15) is 33.1 Å². The molecule has 0 aromatic rings. The highest BCUT2D eigenvalue weighted by Crippen LogP contribution is 2.31. The number of nitrogens with two attached hydrogens (primary N) is 1. The van der Waals surface area contributed by atoms with Gasteiger partial charge in [0.15, 0.2) is 0 Å². The van der Waals surface area contributed by atoms with Gasteiger partial charge >= 0.3 is 0 Å². The van der Waals surface area contributed by atoms with Crippen LogP contribution in [0.25, 0.3) is 0 Å². The smallest absolute Gasteiger partial charge is 0.0630 e. The fraction of sp³-hybridized carbons (Fsp3) is 1.00. The summed E-state index contributed by atoms with van der Waals surface area (Å²) in [6, 6.07) is 0. The zero-order valence-electron chi connectivity index (χ0n) is 8.62. The third-order valence-corrected chi connectivity index (χ3v) is 2.74. The second-order valence-corrected chi connectivity index (χ2v) is 4.51. The number of aliphatic hydroxyl groups excluding tert-OH is 1. The SMILES string of the molecule is CC1(C)CC(C(O)CCN)CCO1. The highest BCUT2D eigenvalue weighted by atomic mass is 16.5. The first kappa shape index (κ1) is 11.0. The van der Waals surface area contributed by atoms with Gasteiger partial charge in [-0.3, -0.25) is 0 Å². The Morgan fingerprint density at radius 3 is 2.85 bits per heavy atom. The van der Waals surface area contributed by atoms with Crippen molar-refractivity contribution in [2.45, 2.75) is 44.8 Å². The minimum absolute atomic E-state index is 0.0709. The second kappa shape index (κ2) is 4.40. The van der Waals surface area contributed by atoms with Gasteiger partial charge in [0, 0.05) is 6.61 Å². The zero-order chi connectivity index (χ0) is 9.90. The minimum atomic E-state index is -0.242. The van der Waals surface area contributed by atoms with E-state index in [0.29, 0.717) is 18.9 Å². The molecule has 1 fully saturated rings. The number of aliphatic hydroxyl groups is 1. The number of hydrogen-bond donors (Lipinski definition) is 2. The molecule has 0 amide bonds. The van der Waals surface area contributed by atoms with E-state index in [4.69, 9.17) is 10.5 Å². The first-order valence-electron chi connectivity index (χ1n) is 5.07. The zero-order valence-corrected chi connectivity index (χ0v) is 8.62. The van der Waals surface area contributed by atoms with E-state index in [1.807, 2.05) is 0 Å². The molecule has 1 rings (SSSR count). The first-order chi connectivity index (χ1) is 6.05. The largest absolute Gasteiger partial charge is 0.393 e. The monoisotopic (exact) mass is 187 g/mol. The molecule has 1 saturated heterocycles. The predicted molar refractivity (Wildman–Crippen MR) is 52.4 cm³/mol. The van der Waals surface area contributed by atoms with Gasteiger partial charge in [0.25, 0.3) is 0 Å². The first-order valence-corrected chi connectivity index (χ1v) is 5.07. The number of rotatable bonds is 3. The van der Waals surface area contributed by atoms with Gasteiger partial charge in [0.1, 0.15) is 0 Å². The van der Waals surface area contributed by atoms with Gasteiger partial charge in [0.2, 0.25) is 0 Å². The molecule has 1 aliphatic rings. The molecule has 78 valence electrons. The van der Waals surface area contributed by atoms with E-state index < -0.39 is 0 Å². The molecule has 1 aliphatic heterocycles. The Hall–Kier alpha value is -0.120. The van der Waals surface area contributed by atoms with Crippen LogP contribution < -0.4 is 5.73 Å². The molecule has 3 N–H and O–H groups in total. The van der Waals surface area contributed by atoms with Crippen molar-refractivity contribution in [2.75, 3.05) is 13.2 Å². The summed E-state index contributed by atoms with van der Waals surface area (Å²) in [5.41, 5.74) is 5.34. The maximum Gasteiger partial charge on any atom is 0.0630 e. The van der Waals surface area contributed by atoms with Crippen molar-refractivity contribution in [2.24, 2.45) is 11.7 Å². The highest BCUT2D eigenvalue weighted by molar-refractivity contribution is 4.82. The van der Waals surface area contributed by atoms with Crippen LogP contribution >= 0.6 is 0 Å². The van der Waals surface area contributed by atoms with Crippen molar-refractivity contribution in [3.63, 3.8) is 0 Å². The molecule has 2 unspecified atom stereocenters. The highest BCUT2D eigenvalue weighted by Gasteiger charge is 2.32. The van der Waals surface area contributed by atoms with Crippen molar-refractivity contribution < 1.29 is 9.84 Å². The van der Waals surface area contributed by atoms with Gasteiger partial charge in [-0.05, 0) is 45.6 Å². The van der Waals surface area contributed by atoms with E-state index >= 15 is 0 Å². The summed E-state index contributed by atoms with van der Waals surface area (Å²) in [6.07, 6.45) is 2.37. The third kappa shape index (κ3) is 3.25. The predicted octanol–water partition coefficient (Wildman–Crippen LogP) is 0.901. The van der Waals surface area contributed by atoms with Gasteiger partial charge in [-0.25, -0.2) is 0 Å². The van der Waals surface area contributed by atoms with Gasteiger partial charge in [-0.1, -0.05) is 0 Å². The lowest BCUT2D eigenvalue weighted by atomic mass is 9.84. The van der Waals surface area contributed by atoms with Crippen molar-refractivity contribution >= 4 is 0 Å². The van der Waals surface area contributed by atoms with Crippen molar-refractivity contribution in [1.82, 2.24) is 0 Å². The average molecular weight is 187 g/mol. The van der Waals surface area contributed by atoms with E-state index in [9.17, 15) is 5.11 Å². The average Bonchev–Trinajstić information content (AvgIpc) is 2.03. The fourth-order valence-corrected chi connectivity index (χ4v) is 2.01. The van der Waals surface area contributed by atoms with Crippen LogP contribution in [0.15, 0.2) is 0 Å². The molecule has 0 aromatic heterocycles. The molecule has 0 saturated carbocycles. The van der Waals surface area contributed by atoms with Gasteiger partial charge in [0.05, 0.1) is 11.7 Å². The summed E-state index contributed by atoms with van der Waals surface area (Å²) >= 11 is 0. The Labute approximate surface area is 80.3 Å². The Kier molecular flexibility index (Phi) is 3.71. The van der Waals surface area contributed by atoms with Crippen LogP contribution in [0.2, 0.25) is 0 Å². The molecular formula is C10H21NO2. The Balaban J connectivity index is 2.42. The van der Waals surface area contributed by atoms with Crippen molar-refractivity contribution in [3.8, 4) is 0 Å². The molecule has 13 heavy (non-hydrogen) atoms. The lowest BCUT2D eigenvalue weighted by molar-refractivity contribution is -0.0956. The molecule has 3 nitrogen and oxygen atoms in total. The maximum atomic E-state index is 9.77. The quantitative estimate of drug-likeness (QED) is 0.690. The Bertz CT molecular complexity index is 159. The maximum absolute atomic E-state index is 9.77. The molecule has 0 aromatic carbocycles. The minimum Gasteiger partial charge on any atom is -0.393 e. The molecule has 0 bridgehead atoms. The number of ether oxygens (including phenoxy) is 1. The second-order valence-electron chi connectivity index (χ2n) is 4.51. The Morgan fingerprint density at radius 1 is 1.62 bits per heavy atom. The van der Waals surface area contributed by atoms with Crippen LogP contribution in [0, 0.1) is 5.92 Å². The van der Waals surface area contributed by atoms with Crippen LogP contribution in [0.5, 0.6) is 0 Å². The Morgan fingerprint density at radius 2 is 2.31 bits per heavy atom. The van der Waals surface area contributed by atoms with Crippen molar-refractivity contribution in [1.29, 1.82) is 0 Å². The molecule has 0 radical (unpaired) electrons. The van der Waals surface area contributed by atoms with Crippen molar-refractivity contribution in [3.05, 3.63) is 0 Å². The molecule has 0 spiro atoms. The summed E-state index contributed by atoms with van der Waals surface area (Å²) < 4.78 is 5.58. The fourth-order valence-electron chi connectivity index (χ4n) is 2.01. The van der Waals surface area contributed by atoms with Gasteiger partial charge < -0.3 is 15.6 Å². The lowest BCUT2D eigenvalue weighted by Gasteiger charge is -2.37. The summed E-state index contributed by atoms with van der Waals surface area (Å²) in [7, 11) is 0. The molecule has 0 aliphatic carbocycles. The van der Waals surface area contributed by atoms with E-state index in [2.05, 4.69) is 13.8 Å². The standard InChI is InChI=1S/C10H21NO2/c1-10(2)7-8(4-6-13-10)9(12)3-5-11/h8-9,12H,3-7,11H2,1-2H3. The van der Waals surface area contributed by atoms with Gasteiger partial charge in [-0.15, -0.1) is 0 Å². The van der Waals surface area contributed by atoms with Crippen LogP contribution in [0.4, 0.5) is 0 Å².